The van der Waals surface area contributed by atoms with E-state index in [4.69, 9.17) is 0 Å². The van der Waals surface area contributed by atoms with Crippen molar-refractivity contribution in [2.24, 2.45) is 11.8 Å². The van der Waals surface area contributed by atoms with Crippen molar-refractivity contribution >= 4 is 11.8 Å². The Balaban J connectivity index is 1.74. The molecule has 11 heavy (non-hydrogen) atoms. The summed E-state index contributed by atoms with van der Waals surface area (Å²) in [6.45, 7) is 4.81. The van der Waals surface area contributed by atoms with Crippen LogP contribution in [0.5, 0.6) is 0 Å². The molecule has 0 aliphatic heterocycles. The van der Waals surface area contributed by atoms with Gasteiger partial charge in [0, 0.05) is 0 Å². The van der Waals surface area contributed by atoms with Crippen LogP contribution in [0, 0.1) is 11.8 Å². The molecule has 1 nitrogen and oxygen atoms in total. The third-order valence-corrected chi connectivity index (χ3v) is 3.08. The van der Waals surface area contributed by atoms with E-state index in [9.17, 15) is 0 Å². The molecule has 0 aromatic heterocycles. The van der Waals surface area contributed by atoms with Crippen molar-refractivity contribution in [2.75, 3.05) is 25.1 Å². The van der Waals surface area contributed by atoms with Gasteiger partial charge >= 0.3 is 0 Å². The summed E-state index contributed by atoms with van der Waals surface area (Å²) in [7, 11) is 0. The lowest BCUT2D eigenvalue weighted by Crippen LogP contribution is -2.19. The molecule has 66 valence electrons. The lowest BCUT2D eigenvalue weighted by atomic mass is 10.3. The van der Waals surface area contributed by atoms with Crippen LogP contribution in [0.15, 0.2) is 0 Å². The Morgan fingerprint density at radius 2 is 2.27 bits per heavy atom. The first-order chi connectivity index (χ1) is 5.34. The largest absolute Gasteiger partial charge is 0.316 e. The lowest BCUT2D eigenvalue weighted by Gasteiger charge is -2.01. The van der Waals surface area contributed by atoms with Crippen LogP contribution in [0.25, 0.3) is 0 Å². The first kappa shape index (κ1) is 9.40. The molecule has 1 aliphatic carbocycles. The summed E-state index contributed by atoms with van der Waals surface area (Å²) in [5.41, 5.74) is 0. The highest BCUT2D eigenvalue weighted by Gasteiger charge is 2.31. The summed E-state index contributed by atoms with van der Waals surface area (Å²) >= 11 is 1.94. The molecule has 0 radical (unpaired) electrons. The van der Waals surface area contributed by atoms with Gasteiger partial charge in [0.05, 0.1) is 0 Å². The number of rotatable bonds is 6. The maximum absolute atomic E-state index is 3.50. The third-order valence-electron chi connectivity index (χ3n) is 2.38. The highest BCUT2D eigenvalue weighted by Crippen LogP contribution is 2.36. The van der Waals surface area contributed by atoms with Gasteiger partial charge in [-0.1, -0.05) is 6.92 Å². The zero-order valence-corrected chi connectivity index (χ0v) is 8.41. The van der Waals surface area contributed by atoms with Gasteiger partial charge in [-0.15, -0.1) is 0 Å². The van der Waals surface area contributed by atoms with Crippen LogP contribution in [-0.4, -0.2) is 25.1 Å². The minimum Gasteiger partial charge on any atom is -0.316 e. The predicted octanol–water partition coefficient (Wildman–Crippen LogP) is 1.99. The van der Waals surface area contributed by atoms with Gasteiger partial charge in [-0.3, -0.25) is 0 Å². The Morgan fingerprint density at radius 1 is 1.55 bits per heavy atom. The van der Waals surface area contributed by atoms with E-state index in [1.165, 1.54) is 31.7 Å². The SMILES string of the molecule is CSCCCNCC1CC1C. The molecule has 0 bridgehead atoms. The fraction of sp³-hybridized carbons (Fsp3) is 1.00. The highest BCUT2D eigenvalue weighted by molar-refractivity contribution is 7.98. The molecule has 1 rings (SSSR count). The van der Waals surface area contributed by atoms with Gasteiger partial charge in [-0.2, -0.15) is 11.8 Å². The van der Waals surface area contributed by atoms with E-state index < -0.39 is 0 Å². The van der Waals surface area contributed by atoms with Crippen LogP contribution >= 0.6 is 11.8 Å². The van der Waals surface area contributed by atoms with Crippen LogP contribution in [0.3, 0.4) is 0 Å². The van der Waals surface area contributed by atoms with E-state index in [-0.39, 0.29) is 0 Å². The predicted molar refractivity (Wildman–Crippen MR) is 53.1 cm³/mol. The molecule has 1 aliphatic rings. The van der Waals surface area contributed by atoms with Crippen molar-refractivity contribution in [1.82, 2.24) is 5.32 Å². The summed E-state index contributed by atoms with van der Waals surface area (Å²) in [6, 6.07) is 0. The van der Waals surface area contributed by atoms with Gasteiger partial charge in [0.2, 0.25) is 0 Å². The van der Waals surface area contributed by atoms with Crippen molar-refractivity contribution in [3.8, 4) is 0 Å². The van der Waals surface area contributed by atoms with Crippen LogP contribution in [-0.2, 0) is 0 Å². The second-order valence-corrected chi connectivity index (χ2v) is 4.51. The van der Waals surface area contributed by atoms with Gasteiger partial charge in [-0.25, -0.2) is 0 Å². The quantitative estimate of drug-likeness (QED) is 0.616. The summed E-state index contributed by atoms with van der Waals surface area (Å²) in [4.78, 5) is 0. The van der Waals surface area contributed by atoms with Crippen molar-refractivity contribution in [3.05, 3.63) is 0 Å². The average molecular weight is 173 g/mol. The maximum atomic E-state index is 3.50. The fourth-order valence-corrected chi connectivity index (χ4v) is 1.75. The standard InChI is InChI=1S/C9H19NS/c1-8-6-9(8)7-10-4-3-5-11-2/h8-10H,3-7H2,1-2H3. The van der Waals surface area contributed by atoms with Crippen molar-refractivity contribution in [2.45, 2.75) is 19.8 Å². The second kappa shape index (κ2) is 5.04. The number of nitrogens with one attached hydrogen (secondary N) is 1. The third kappa shape index (κ3) is 4.02. The zero-order chi connectivity index (χ0) is 8.10. The summed E-state index contributed by atoms with van der Waals surface area (Å²) in [5, 5.41) is 3.50. The normalized spacial score (nSPS) is 28.9. The Hall–Kier alpha value is 0.310. The van der Waals surface area contributed by atoms with Gasteiger partial charge in [-0.05, 0) is 49.8 Å². The van der Waals surface area contributed by atoms with Crippen molar-refractivity contribution < 1.29 is 0 Å². The van der Waals surface area contributed by atoms with Crippen LogP contribution < -0.4 is 5.32 Å². The van der Waals surface area contributed by atoms with Crippen molar-refractivity contribution in [3.63, 3.8) is 0 Å². The van der Waals surface area contributed by atoms with Gasteiger partial charge < -0.3 is 5.32 Å². The molecule has 1 saturated carbocycles. The molecular weight excluding hydrogens is 154 g/mol. The van der Waals surface area contributed by atoms with E-state index in [0.29, 0.717) is 0 Å². The minimum atomic E-state index is 1.00. The molecule has 2 heteroatoms. The molecule has 0 aromatic rings. The van der Waals surface area contributed by atoms with Crippen LogP contribution in [0.4, 0.5) is 0 Å². The molecule has 1 N–H and O–H groups in total. The number of hydrogen-bond acceptors (Lipinski definition) is 2. The monoisotopic (exact) mass is 173 g/mol. The fourth-order valence-electron chi connectivity index (χ4n) is 1.31. The molecule has 0 heterocycles. The topological polar surface area (TPSA) is 12.0 Å². The molecule has 1 fully saturated rings. The number of hydrogen-bond donors (Lipinski definition) is 1. The van der Waals surface area contributed by atoms with E-state index in [2.05, 4.69) is 18.5 Å². The maximum Gasteiger partial charge on any atom is -0.00179 e. The second-order valence-electron chi connectivity index (χ2n) is 3.52. The lowest BCUT2D eigenvalue weighted by molar-refractivity contribution is 0.608. The van der Waals surface area contributed by atoms with Gasteiger partial charge in [0.15, 0.2) is 0 Å². The minimum absolute atomic E-state index is 1.00. The summed E-state index contributed by atoms with van der Waals surface area (Å²) < 4.78 is 0. The first-order valence-corrected chi connectivity index (χ1v) is 5.93. The smallest absolute Gasteiger partial charge is 0.00179 e. The molecular formula is C9H19NS. The Morgan fingerprint density at radius 3 is 2.82 bits per heavy atom. The van der Waals surface area contributed by atoms with E-state index >= 15 is 0 Å². The molecule has 0 spiro atoms. The molecule has 2 atom stereocenters. The highest BCUT2D eigenvalue weighted by atomic mass is 32.2. The van der Waals surface area contributed by atoms with Crippen LogP contribution in [0.1, 0.15) is 19.8 Å². The number of thioether (sulfide) groups is 1. The van der Waals surface area contributed by atoms with E-state index in [1.54, 1.807) is 0 Å². The van der Waals surface area contributed by atoms with Crippen LogP contribution in [0.2, 0.25) is 0 Å². The Bertz CT molecular complexity index is 106. The van der Waals surface area contributed by atoms with Crippen molar-refractivity contribution in [1.29, 1.82) is 0 Å². The van der Waals surface area contributed by atoms with E-state index in [0.717, 1.165) is 11.8 Å². The molecule has 2 unspecified atom stereocenters. The Kier molecular flexibility index (Phi) is 4.31. The van der Waals surface area contributed by atoms with E-state index in [1.807, 2.05) is 11.8 Å². The Labute approximate surface area is 74.3 Å². The molecule has 0 saturated heterocycles. The summed E-state index contributed by atoms with van der Waals surface area (Å²) in [6.07, 6.45) is 4.95. The summed E-state index contributed by atoms with van der Waals surface area (Å²) in [5.74, 6) is 3.31. The average Bonchev–Trinajstić information content (AvgIpc) is 2.67. The van der Waals surface area contributed by atoms with Gasteiger partial charge in [0.1, 0.15) is 0 Å². The molecule has 0 aromatic carbocycles. The molecule has 0 amide bonds. The zero-order valence-electron chi connectivity index (χ0n) is 7.60. The van der Waals surface area contributed by atoms with Gasteiger partial charge in [0.25, 0.3) is 0 Å². The first-order valence-electron chi connectivity index (χ1n) is 4.54.